The van der Waals surface area contributed by atoms with Gasteiger partial charge in [0.15, 0.2) is 11.2 Å². The lowest BCUT2D eigenvalue weighted by atomic mass is 9.97. The fraction of sp³-hybridized carbons (Fsp3) is 0.300. The van der Waals surface area contributed by atoms with Crippen LogP contribution in [0.25, 0.3) is 22.1 Å². The number of nitrogens with zero attached hydrogens (tertiary/aromatic N) is 3. The number of benzene rings is 1. The van der Waals surface area contributed by atoms with E-state index in [2.05, 4.69) is 25.3 Å². The molecule has 0 bridgehead atoms. The Morgan fingerprint density at radius 1 is 1.28 bits per heavy atom. The van der Waals surface area contributed by atoms with Crippen molar-refractivity contribution in [2.24, 2.45) is 0 Å². The molecule has 4 atom stereocenters. The van der Waals surface area contributed by atoms with E-state index in [1.807, 2.05) is 0 Å². The molecule has 3 aromatic heterocycles. The molecule has 0 radical (unpaired) electrons. The summed E-state index contributed by atoms with van der Waals surface area (Å²) in [4.78, 5) is 37.8. The maximum absolute atomic E-state index is 13.4. The summed E-state index contributed by atoms with van der Waals surface area (Å²) in [5.41, 5.74) is 0.875. The molecule has 1 saturated heterocycles. The smallest absolute Gasteiger partial charge is 0.278 e. The fourth-order valence-corrected chi connectivity index (χ4v) is 3.86. The largest absolute Gasteiger partial charge is 0.388 e. The second kappa shape index (κ2) is 7.82. The Labute approximate surface area is 178 Å². The number of ether oxygens (including phenoxy) is 1. The molecule has 0 spiro atoms. The molecule has 11 nitrogen and oxygen atoms in total. The molecule has 0 saturated carbocycles. The molecule has 32 heavy (non-hydrogen) atoms. The van der Waals surface area contributed by atoms with Gasteiger partial charge in [-0.1, -0.05) is 0 Å². The van der Waals surface area contributed by atoms with Crippen molar-refractivity contribution in [3.05, 3.63) is 58.8 Å². The van der Waals surface area contributed by atoms with E-state index in [1.165, 1.54) is 36.9 Å². The van der Waals surface area contributed by atoms with Crippen LogP contribution in [0.3, 0.4) is 0 Å². The Hall–Kier alpha value is -3.61. The van der Waals surface area contributed by atoms with Crippen LogP contribution in [0.15, 0.2) is 41.7 Å². The van der Waals surface area contributed by atoms with Crippen LogP contribution in [0.1, 0.15) is 10.5 Å². The monoisotopic (exact) mass is 442 g/mol. The number of hydrogen-bond acceptors (Lipinski definition) is 7. The van der Waals surface area contributed by atoms with E-state index in [-0.39, 0.29) is 29.9 Å². The van der Waals surface area contributed by atoms with E-state index in [9.17, 15) is 24.2 Å². The third-order valence-corrected chi connectivity index (χ3v) is 5.56. The predicted molar refractivity (Wildman–Crippen MR) is 109 cm³/mol. The molecule has 166 valence electrons. The maximum atomic E-state index is 13.4. The fourth-order valence-electron chi connectivity index (χ4n) is 3.86. The summed E-state index contributed by atoms with van der Waals surface area (Å²) < 4.78 is 20.6. The molecule has 0 unspecified atom stereocenters. The summed E-state index contributed by atoms with van der Waals surface area (Å²) in [6.07, 6.45) is -0.773. The first-order valence-corrected chi connectivity index (χ1v) is 9.86. The van der Waals surface area contributed by atoms with Gasteiger partial charge < -0.3 is 34.8 Å². The lowest BCUT2D eigenvalue weighted by Crippen LogP contribution is -2.60. The highest BCUT2D eigenvalue weighted by Gasteiger charge is 2.39. The maximum Gasteiger partial charge on any atom is 0.278 e. The van der Waals surface area contributed by atoms with Gasteiger partial charge in [-0.3, -0.25) is 9.59 Å². The van der Waals surface area contributed by atoms with Crippen LogP contribution in [-0.4, -0.2) is 71.6 Å². The zero-order valence-electron chi connectivity index (χ0n) is 16.5. The molecule has 1 aromatic carbocycles. The number of hydrogen-bond donors (Lipinski definition) is 5. The first-order valence-electron chi connectivity index (χ1n) is 9.86. The second-order valence-corrected chi connectivity index (χ2v) is 7.65. The summed E-state index contributed by atoms with van der Waals surface area (Å²) in [6, 6.07) is 4.75. The number of amides is 1. The van der Waals surface area contributed by atoms with Gasteiger partial charge in [-0.25, -0.2) is 14.4 Å². The van der Waals surface area contributed by atoms with Crippen molar-refractivity contribution in [2.45, 2.75) is 30.9 Å². The molecule has 1 aliphatic rings. The SMILES string of the molecule is O=C(N[C@@H]1CO[C@H](Cn2cnc3c(=O)[nH]cnc32)[C@@H](O)[C@H]1O)c1cc2cc(F)ccc2[nH]1. The minimum Gasteiger partial charge on any atom is -0.388 e. The van der Waals surface area contributed by atoms with Gasteiger partial charge >= 0.3 is 0 Å². The molecule has 4 heterocycles. The van der Waals surface area contributed by atoms with Crippen LogP contribution in [0.5, 0.6) is 0 Å². The van der Waals surface area contributed by atoms with E-state index >= 15 is 0 Å². The predicted octanol–water partition coefficient (Wildman–Crippen LogP) is -0.341. The van der Waals surface area contributed by atoms with Crippen molar-refractivity contribution in [3.8, 4) is 0 Å². The summed E-state index contributed by atoms with van der Waals surface area (Å²) in [5.74, 6) is -0.942. The summed E-state index contributed by atoms with van der Waals surface area (Å²) in [7, 11) is 0. The number of rotatable bonds is 4. The molecule has 1 aliphatic heterocycles. The van der Waals surface area contributed by atoms with Crippen molar-refractivity contribution < 1.29 is 24.1 Å². The molecule has 5 rings (SSSR count). The average Bonchev–Trinajstić information content (AvgIpc) is 3.38. The number of carbonyl (C=O) groups is 1. The number of carbonyl (C=O) groups excluding carboxylic acids is 1. The van der Waals surface area contributed by atoms with E-state index in [4.69, 9.17) is 4.74 Å². The number of halogens is 1. The number of imidazole rings is 1. The number of fused-ring (bicyclic) bond motifs is 2. The summed E-state index contributed by atoms with van der Waals surface area (Å²) in [6.45, 7) is 0.0452. The third-order valence-electron chi connectivity index (χ3n) is 5.56. The standard InChI is InChI=1S/C20H19FN6O5/c21-10-1-2-11-9(3-10)4-12(25-11)19(30)26-13-6-32-14(17(29)16(13)28)5-27-8-24-15-18(27)22-7-23-20(15)31/h1-4,7-8,13-14,16-17,25,28-29H,5-6H2,(H,26,30)(H,22,23,31)/t13-,14-,16+,17-/m1/s1. The highest BCUT2D eigenvalue weighted by atomic mass is 19.1. The second-order valence-electron chi connectivity index (χ2n) is 7.65. The number of aromatic nitrogens is 5. The van der Waals surface area contributed by atoms with E-state index in [1.54, 1.807) is 4.57 Å². The molecule has 1 fully saturated rings. The summed E-state index contributed by atoms with van der Waals surface area (Å²) in [5, 5.41) is 24.3. The van der Waals surface area contributed by atoms with Crippen molar-refractivity contribution >= 4 is 28.0 Å². The highest BCUT2D eigenvalue weighted by Crippen LogP contribution is 2.20. The Balaban J connectivity index is 1.27. The van der Waals surface area contributed by atoms with Gasteiger partial charge in [0.2, 0.25) is 0 Å². The molecule has 4 aromatic rings. The average molecular weight is 442 g/mol. The normalized spacial score (nSPS) is 23.6. The zero-order valence-corrected chi connectivity index (χ0v) is 16.5. The van der Waals surface area contributed by atoms with Crippen LogP contribution in [0.4, 0.5) is 4.39 Å². The number of aliphatic hydroxyl groups is 2. The minimum atomic E-state index is -1.31. The number of H-pyrrole nitrogens is 2. The van der Waals surface area contributed by atoms with Crippen LogP contribution < -0.4 is 10.9 Å². The van der Waals surface area contributed by atoms with Crippen molar-refractivity contribution in [3.63, 3.8) is 0 Å². The molecular formula is C20H19FN6O5. The molecule has 0 aliphatic carbocycles. The van der Waals surface area contributed by atoms with Gasteiger partial charge in [0, 0.05) is 10.9 Å². The Bertz CT molecular complexity index is 1360. The van der Waals surface area contributed by atoms with E-state index < -0.39 is 36.1 Å². The lowest BCUT2D eigenvalue weighted by molar-refractivity contribution is -0.152. The Morgan fingerprint density at radius 3 is 2.97 bits per heavy atom. The number of aliphatic hydroxyl groups excluding tert-OH is 2. The molecule has 12 heteroatoms. The summed E-state index contributed by atoms with van der Waals surface area (Å²) >= 11 is 0. The van der Waals surface area contributed by atoms with Gasteiger partial charge in [-0.15, -0.1) is 0 Å². The van der Waals surface area contributed by atoms with Crippen LogP contribution in [0, 0.1) is 5.82 Å². The first-order chi connectivity index (χ1) is 15.4. The minimum absolute atomic E-state index is 0.0515. The van der Waals surface area contributed by atoms with Crippen molar-refractivity contribution in [1.29, 1.82) is 0 Å². The van der Waals surface area contributed by atoms with Crippen LogP contribution >= 0.6 is 0 Å². The first kappa shape index (κ1) is 20.3. The Kier molecular flexibility index (Phi) is 4.96. The van der Waals surface area contributed by atoms with E-state index in [0.717, 1.165) is 0 Å². The number of aromatic amines is 2. The van der Waals surface area contributed by atoms with Gasteiger partial charge in [0.05, 0.1) is 31.8 Å². The quantitative estimate of drug-likeness (QED) is 0.289. The van der Waals surface area contributed by atoms with E-state index in [0.29, 0.717) is 16.6 Å². The van der Waals surface area contributed by atoms with Crippen LogP contribution in [-0.2, 0) is 11.3 Å². The molecule has 1 amide bonds. The Morgan fingerprint density at radius 2 is 2.12 bits per heavy atom. The van der Waals surface area contributed by atoms with Crippen molar-refractivity contribution in [1.82, 2.24) is 29.8 Å². The van der Waals surface area contributed by atoms with Gasteiger partial charge in [-0.05, 0) is 24.3 Å². The number of nitrogens with one attached hydrogen (secondary N) is 3. The lowest BCUT2D eigenvalue weighted by Gasteiger charge is -2.38. The van der Waals surface area contributed by atoms with Gasteiger partial charge in [0.25, 0.3) is 11.5 Å². The van der Waals surface area contributed by atoms with Crippen molar-refractivity contribution in [2.75, 3.05) is 6.61 Å². The van der Waals surface area contributed by atoms with Crippen LogP contribution in [0.2, 0.25) is 0 Å². The zero-order chi connectivity index (χ0) is 22.4. The topological polar surface area (TPSA) is 158 Å². The third kappa shape index (κ3) is 3.53. The van der Waals surface area contributed by atoms with Gasteiger partial charge in [-0.2, -0.15) is 0 Å². The molecular weight excluding hydrogens is 423 g/mol. The highest BCUT2D eigenvalue weighted by molar-refractivity contribution is 5.98. The van der Waals surface area contributed by atoms with Gasteiger partial charge in [0.1, 0.15) is 29.8 Å². The molecule has 5 N–H and O–H groups in total.